The molecule has 2 amide bonds. The summed E-state index contributed by atoms with van der Waals surface area (Å²) in [5.41, 5.74) is 3.31. The highest BCUT2D eigenvalue weighted by Crippen LogP contribution is 2.21. The molecule has 112 valence electrons. The minimum Gasteiger partial charge on any atom is -0.387 e. The first-order valence-corrected chi connectivity index (χ1v) is 7.80. The number of urea groups is 1. The molecule has 21 heavy (non-hydrogen) atoms. The maximum Gasteiger partial charge on any atom is 0.314 e. The van der Waals surface area contributed by atoms with Crippen LogP contribution < -0.4 is 10.6 Å². The Hall–Kier alpha value is -1.63. The maximum atomic E-state index is 11.6. The second-order valence-electron chi connectivity index (χ2n) is 4.40. The number of amides is 2. The van der Waals surface area contributed by atoms with Gasteiger partial charge in [-0.2, -0.15) is 0 Å². The number of thiazole rings is 1. The molecule has 1 aromatic heterocycles. The van der Waals surface area contributed by atoms with Crippen molar-refractivity contribution in [3.63, 3.8) is 0 Å². The lowest BCUT2D eigenvalue weighted by Crippen LogP contribution is -2.38. The van der Waals surface area contributed by atoms with Crippen molar-refractivity contribution in [3.05, 3.63) is 51.4 Å². The fourth-order valence-electron chi connectivity index (χ4n) is 1.77. The summed E-state index contributed by atoms with van der Waals surface area (Å²) in [5, 5.41) is 17.7. The molecule has 0 aliphatic rings. The predicted octanol–water partition coefficient (Wildman–Crippen LogP) is 2.37. The number of nitrogens with zero attached hydrogens (tertiary/aromatic N) is 1. The summed E-state index contributed by atoms with van der Waals surface area (Å²) in [7, 11) is 0. The minimum absolute atomic E-state index is 0.103. The van der Waals surface area contributed by atoms with Gasteiger partial charge in [-0.15, -0.1) is 11.3 Å². The topological polar surface area (TPSA) is 74.2 Å². The van der Waals surface area contributed by atoms with E-state index in [4.69, 9.17) is 11.6 Å². The molecular formula is C14H16ClN3O2S. The second-order valence-corrected chi connectivity index (χ2v) is 5.53. The zero-order chi connectivity index (χ0) is 15.1. The first-order valence-electron chi connectivity index (χ1n) is 6.48. The summed E-state index contributed by atoms with van der Waals surface area (Å²) in [5.74, 6) is 0. The number of rotatable bonds is 6. The average Bonchev–Trinajstić information content (AvgIpc) is 2.98. The first kappa shape index (κ1) is 15.8. The highest BCUT2D eigenvalue weighted by Gasteiger charge is 2.12. The molecule has 0 radical (unpaired) electrons. The summed E-state index contributed by atoms with van der Waals surface area (Å²) >= 11 is 7.51. The van der Waals surface area contributed by atoms with Gasteiger partial charge in [0.2, 0.25) is 0 Å². The minimum atomic E-state index is -0.831. The zero-order valence-corrected chi connectivity index (χ0v) is 12.8. The highest BCUT2D eigenvalue weighted by atomic mass is 35.5. The van der Waals surface area contributed by atoms with Gasteiger partial charge < -0.3 is 15.7 Å². The van der Waals surface area contributed by atoms with Crippen LogP contribution in [-0.2, 0) is 6.42 Å². The standard InChI is InChI=1S/C14H16ClN3O2S/c15-12-4-2-1-3-11(12)13(19)7-17-14(20)16-6-5-10-8-21-9-18-10/h1-4,8-9,13,19H,5-7H2,(H2,16,17,20). The number of carbonyl (C=O) groups is 1. The Morgan fingerprint density at radius 1 is 1.38 bits per heavy atom. The van der Waals surface area contributed by atoms with E-state index in [1.165, 1.54) is 11.3 Å². The number of hydrogen-bond acceptors (Lipinski definition) is 4. The van der Waals surface area contributed by atoms with Gasteiger partial charge in [-0.25, -0.2) is 9.78 Å². The monoisotopic (exact) mass is 325 g/mol. The van der Waals surface area contributed by atoms with Crippen molar-refractivity contribution in [1.29, 1.82) is 0 Å². The SMILES string of the molecule is O=C(NCCc1cscn1)NCC(O)c1ccccc1Cl. The van der Waals surface area contributed by atoms with E-state index in [1.807, 2.05) is 5.38 Å². The average molecular weight is 326 g/mol. The van der Waals surface area contributed by atoms with Gasteiger partial charge in [0.25, 0.3) is 0 Å². The summed E-state index contributed by atoms with van der Waals surface area (Å²) in [4.78, 5) is 15.7. The van der Waals surface area contributed by atoms with E-state index in [0.717, 1.165) is 5.69 Å². The Balaban J connectivity index is 1.70. The summed E-state index contributed by atoms with van der Waals surface area (Å²) in [6.45, 7) is 0.601. The van der Waals surface area contributed by atoms with Gasteiger partial charge in [-0.05, 0) is 6.07 Å². The molecular weight excluding hydrogens is 310 g/mol. The zero-order valence-electron chi connectivity index (χ0n) is 11.3. The molecule has 0 spiro atoms. The number of halogens is 1. The van der Waals surface area contributed by atoms with Crippen LogP contribution >= 0.6 is 22.9 Å². The van der Waals surface area contributed by atoms with Crippen molar-refractivity contribution < 1.29 is 9.90 Å². The number of carbonyl (C=O) groups excluding carboxylic acids is 1. The number of aliphatic hydroxyl groups excluding tert-OH is 1. The van der Waals surface area contributed by atoms with Crippen LogP contribution in [0.25, 0.3) is 0 Å². The predicted molar refractivity (Wildman–Crippen MR) is 83.6 cm³/mol. The van der Waals surface area contributed by atoms with Gasteiger partial charge in [0.1, 0.15) is 0 Å². The molecule has 0 saturated carbocycles. The van der Waals surface area contributed by atoms with E-state index in [-0.39, 0.29) is 12.6 Å². The molecule has 7 heteroatoms. The van der Waals surface area contributed by atoms with Gasteiger partial charge in [0.05, 0.1) is 17.3 Å². The third-order valence-corrected chi connectivity index (χ3v) is 3.85. The van der Waals surface area contributed by atoms with E-state index in [2.05, 4.69) is 15.6 Å². The summed E-state index contributed by atoms with van der Waals surface area (Å²) < 4.78 is 0. The molecule has 5 nitrogen and oxygen atoms in total. The largest absolute Gasteiger partial charge is 0.387 e. The number of aliphatic hydroxyl groups is 1. The Kier molecular flexibility index (Phi) is 5.98. The van der Waals surface area contributed by atoms with Gasteiger partial charge >= 0.3 is 6.03 Å². The number of hydrogen-bond donors (Lipinski definition) is 3. The van der Waals surface area contributed by atoms with E-state index in [1.54, 1.807) is 29.8 Å². The Labute approximate surface area is 132 Å². The molecule has 2 rings (SSSR count). The van der Waals surface area contributed by atoms with Crippen LogP contribution in [-0.4, -0.2) is 29.2 Å². The van der Waals surface area contributed by atoms with Crippen LogP contribution in [0.4, 0.5) is 4.79 Å². The van der Waals surface area contributed by atoms with Crippen LogP contribution in [0.2, 0.25) is 5.02 Å². The molecule has 1 heterocycles. The van der Waals surface area contributed by atoms with Crippen molar-refractivity contribution in [2.45, 2.75) is 12.5 Å². The molecule has 0 saturated heterocycles. The number of aromatic nitrogens is 1. The van der Waals surface area contributed by atoms with Crippen LogP contribution in [0, 0.1) is 0 Å². The molecule has 3 N–H and O–H groups in total. The van der Waals surface area contributed by atoms with Crippen LogP contribution in [0.1, 0.15) is 17.4 Å². The smallest absolute Gasteiger partial charge is 0.314 e. The van der Waals surface area contributed by atoms with Gasteiger partial charge in [0.15, 0.2) is 0 Å². The molecule has 1 atom stereocenters. The molecule has 1 unspecified atom stereocenters. The molecule has 2 aromatic rings. The lowest BCUT2D eigenvalue weighted by Gasteiger charge is -2.14. The van der Waals surface area contributed by atoms with Crippen LogP contribution in [0.5, 0.6) is 0 Å². The Morgan fingerprint density at radius 2 is 2.19 bits per heavy atom. The third-order valence-electron chi connectivity index (χ3n) is 2.87. The molecule has 0 bridgehead atoms. The van der Waals surface area contributed by atoms with Crippen molar-refractivity contribution in [3.8, 4) is 0 Å². The summed E-state index contributed by atoms with van der Waals surface area (Å²) in [6, 6.07) is 6.69. The molecule has 0 aliphatic heterocycles. The third kappa shape index (κ3) is 5.00. The lowest BCUT2D eigenvalue weighted by atomic mass is 10.1. The fraction of sp³-hybridized carbons (Fsp3) is 0.286. The quantitative estimate of drug-likeness (QED) is 0.763. The number of benzene rings is 1. The first-order chi connectivity index (χ1) is 10.2. The van der Waals surface area contributed by atoms with Crippen molar-refractivity contribution in [2.75, 3.05) is 13.1 Å². The Bertz CT molecular complexity index is 577. The normalized spacial score (nSPS) is 11.9. The van der Waals surface area contributed by atoms with Crippen molar-refractivity contribution >= 4 is 29.0 Å². The van der Waals surface area contributed by atoms with Crippen molar-refractivity contribution in [2.24, 2.45) is 0 Å². The van der Waals surface area contributed by atoms with E-state index in [9.17, 15) is 9.90 Å². The van der Waals surface area contributed by atoms with Crippen LogP contribution in [0.3, 0.4) is 0 Å². The molecule has 1 aromatic carbocycles. The van der Waals surface area contributed by atoms with Crippen LogP contribution in [0.15, 0.2) is 35.2 Å². The van der Waals surface area contributed by atoms with Crippen molar-refractivity contribution in [1.82, 2.24) is 15.6 Å². The second kappa shape index (κ2) is 7.97. The number of nitrogens with one attached hydrogen (secondary N) is 2. The van der Waals surface area contributed by atoms with Gasteiger partial charge in [0, 0.05) is 35.5 Å². The van der Waals surface area contributed by atoms with E-state index < -0.39 is 6.10 Å². The van der Waals surface area contributed by atoms with Gasteiger partial charge in [-0.3, -0.25) is 0 Å². The van der Waals surface area contributed by atoms with E-state index in [0.29, 0.717) is 23.6 Å². The Morgan fingerprint density at radius 3 is 2.90 bits per heavy atom. The maximum absolute atomic E-state index is 11.6. The molecule has 0 aliphatic carbocycles. The highest BCUT2D eigenvalue weighted by molar-refractivity contribution is 7.07. The molecule has 0 fully saturated rings. The van der Waals surface area contributed by atoms with Gasteiger partial charge in [-0.1, -0.05) is 29.8 Å². The van der Waals surface area contributed by atoms with E-state index >= 15 is 0 Å². The summed E-state index contributed by atoms with van der Waals surface area (Å²) in [6.07, 6.45) is -0.146. The lowest BCUT2D eigenvalue weighted by molar-refractivity contribution is 0.173. The fourth-order valence-corrected chi connectivity index (χ4v) is 2.63.